The van der Waals surface area contributed by atoms with Gasteiger partial charge in [-0.25, -0.2) is 0 Å². The van der Waals surface area contributed by atoms with Gasteiger partial charge in [0.25, 0.3) is 12.0 Å². The number of nitrogens with zero attached hydrogens (tertiary/aromatic N) is 2. The Labute approximate surface area is 147 Å². The summed E-state index contributed by atoms with van der Waals surface area (Å²) in [7, 11) is 0. The average molecular weight is 361 g/mol. The number of hydrogen-bond donors (Lipinski definition) is 1. The highest BCUT2D eigenvalue weighted by Gasteiger charge is 2.61. The van der Waals surface area contributed by atoms with Gasteiger partial charge in [0.1, 0.15) is 0 Å². The Morgan fingerprint density at radius 3 is 2.88 bits per heavy atom. The minimum atomic E-state index is -1.36. The van der Waals surface area contributed by atoms with E-state index in [1.807, 2.05) is 4.31 Å². The molecule has 1 aliphatic heterocycles. The van der Waals surface area contributed by atoms with Crippen LogP contribution in [-0.2, 0) is 27.6 Å². The molecule has 2 aliphatic rings. The molecular formula is C17H19N3O4S. The maximum absolute atomic E-state index is 13.2. The van der Waals surface area contributed by atoms with E-state index in [1.165, 1.54) is 4.57 Å². The number of ether oxygens (including phenoxy) is 1. The fourth-order valence-corrected chi connectivity index (χ4v) is 5.42. The first-order valence-corrected chi connectivity index (χ1v) is 9.32. The van der Waals surface area contributed by atoms with E-state index in [2.05, 4.69) is 4.74 Å². The molecule has 0 amide bonds. The van der Waals surface area contributed by atoms with Crippen molar-refractivity contribution in [3.05, 3.63) is 40.8 Å². The Morgan fingerprint density at radius 1 is 1.36 bits per heavy atom. The fourth-order valence-electron chi connectivity index (χ4n) is 3.70. The number of pyridine rings is 1. The monoisotopic (exact) mass is 361 g/mol. The van der Waals surface area contributed by atoms with Crippen LogP contribution in [0.15, 0.2) is 40.2 Å². The van der Waals surface area contributed by atoms with Crippen molar-refractivity contribution in [1.29, 1.82) is 0 Å². The van der Waals surface area contributed by atoms with E-state index in [0.717, 1.165) is 19.3 Å². The molecular weight excluding hydrogens is 342 g/mol. The smallest absolute Gasteiger partial charge is 0.294 e. The number of benzene rings is 1. The normalized spacial score (nSPS) is 23.0. The van der Waals surface area contributed by atoms with Gasteiger partial charge in [-0.05, 0) is 37.5 Å². The number of fused-ring (bicyclic) bond motifs is 1. The average Bonchev–Trinajstić information content (AvgIpc) is 3.35. The highest BCUT2D eigenvalue weighted by Crippen LogP contribution is 2.51. The van der Waals surface area contributed by atoms with Crippen LogP contribution in [0, 0.1) is 0 Å². The van der Waals surface area contributed by atoms with Crippen LogP contribution in [0.5, 0.6) is 0 Å². The van der Waals surface area contributed by atoms with E-state index < -0.39 is 11.4 Å². The lowest BCUT2D eigenvalue weighted by molar-refractivity contribution is -0.132. The molecule has 1 saturated carbocycles. The van der Waals surface area contributed by atoms with Crippen molar-refractivity contribution in [2.75, 3.05) is 6.54 Å². The Balaban J connectivity index is 1.74. The zero-order chi connectivity index (χ0) is 17.6. The molecule has 0 bridgehead atoms. The molecule has 8 heteroatoms. The maximum Gasteiger partial charge on any atom is 0.294 e. The molecule has 4 rings (SSSR count). The molecule has 1 aromatic carbocycles. The fraction of sp³-hybridized carbons (Fsp3) is 0.412. The Hall–Kier alpha value is -1.87. The van der Waals surface area contributed by atoms with E-state index in [-0.39, 0.29) is 23.9 Å². The lowest BCUT2D eigenvalue weighted by Gasteiger charge is -2.27. The molecule has 2 unspecified atom stereocenters. The van der Waals surface area contributed by atoms with Crippen LogP contribution in [0.4, 0.5) is 0 Å². The highest BCUT2D eigenvalue weighted by molar-refractivity contribution is 7.89. The van der Waals surface area contributed by atoms with Gasteiger partial charge in [-0.2, -0.15) is 0 Å². The van der Waals surface area contributed by atoms with Gasteiger partial charge in [0, 0.05) is 24.2 Å². The quantitative estimate of drug-likeness (QED) is 0.622. The third-order valence-electron chi connectivity index (χ3n) is 5.24. The van der Waals surface area contributed by atoms with Crippen molar-refractivity contribution < 1.29 is 14.1 Å². The molecule has 1 saturated heterocycles. The Bertz CT molecular complexity index is 880. The summed E-state index contributed by atoms with van der Waals surface area (Å²) in [5, 5.41) is 1.11. The van der Waals surface area contributed by atoms with Crippen LogP contribution in [0.2, 0.25) is 0 Å². The molecule has 132 valence electrons. The number of carbonyl (C=O) groups excluding carboxylic acids is 1. The van der Waals surface area contributed by atoms with Crippen molar-refractivity contribution in [2.24, 2.45) is 5.73 Å². The highest BCUT2D eigenvalue weighted by atomic mass is 32.2. The standard InChI is InChI=1S/C17H19N3O4S/c18-15-5-9-20(17(15)6-7-17)25(23)14-3-1-2-13-12(14)4-8-19(16(13)22)10-24-11-21/h1-4,8,11,15H,5-7,9-10,18H2. The topological polar surface area (TPSA) is 101 Å². The molecule has 2 heterocycles. The molecule has 7 nitrogen and oxygen atoms in total. The Kier molecular flexibility index (Phi) is 4.07. The second-order valence-corrected chi connectivity index (χ2v) is 7.93. The lowest BCUT2D eigenvalue weighted by Crippen LogP contribution is -2.44. The summed E-state index contributed by atoms with van der Waals surface area (Å²) in [4.78, 5) is 23.5. The molecule has 2 fully saturated rings. The van der Waals surface area contributed by atoms with Crippen LogP contribution < -0.4 is 11.3 Å². The number of hydrogen-bond acceptors (Lipinski definition) is 6. The van der Waals surface area contributed by atoms with Gasteiger partial charge in [0.2, 0.25) is 0 Å². The van der Waals surface area contributed by atoms with Crippen molar-refractivity contribution in [3.8, 4) is 0 Å². The van der Waals surface area contributed by atoms with Crippen LogP contribution in [-0.4, -0.2) is 38.0 Å². The van der Waals surface area contributed by atoms with Crippen LogP contribution in [0.25, 0.3) is 10.8 Å². The molecule has 25 heavy (non-hydrogen) atoms. The van der Waals surface area contributed by atoms with Gasteiger partial charge in [0.05, 0.1) is 22.3 Å². The number of carbonyl (C=O) groups is 1. The predicted molar refractivity (Wildman–Crippen MR) is 93.0 cm³/mol. The zero-order valence-electron chi connectivity index (χ0n) is 13.6. The first-order chi connectivity index (χ1) is 12.1. The number of rotatable bonds is 5. The predicted octanol–water partition coefficient (Wildman–Crippen LogP) is 0.720. The summed E-state index contributed by atoms with van der Waals surface area (Å²) in [6.07, 6.45) is 4.34. The van der Waals surface area contributed by atoms with Gasteiger partial charge in [-0.3, -0.25) is 14.2 Å². The second kappa shape index (κ2) is 6.14. The summed E-state index contributed by atoms with van der Waals surface area (Å²) >= 11 is -1.36. The maximum atomic E-state index is 13.2. The third-order valence-corrected chi connectivity index (χ3v) is 6.92. The van der Waals surface area contributed by atoms with Gasteiger partial charge in [-0.15, -0.1) is 4.31 Å². The van der Waals surface area contributed by atoms with Crippen molar-refractivity contribution >= 4 is 28.6 Å². The largest absolute Gasteiger partial charge is 0.593 e. The third kappa shape index (κ3) is 2.56. The van der Waals surface area contributed by atoms with Crippen molar-refractivity contribution in [3.63, 3.8) is 0 Å². The van der Waals surface area contributed by atoms with Gasteiger partial charge in [0.15, 0.2) is 11.6 Å². The summed E-state index contributed by atoms with van der Waals surface area (Å²) < 4.78 is 21.2. The molecule has 1 spiro atoms. The summed E-state index contributed by atoms with van der Waals surface area (Å²) in [5.74, 6) is 0. The number of aromatic nitrogens is 1. The minimum Gasteiger partial charge on any atom is -0.593 e. The van der Waals surface area contributed by atoms with Crippen molar-refractivity contribution in [2.45, 2.75) is 42.5 Å². The zero-order valence-corrected chi connectivity index (χ0v) is 14.4. The first-order valence-electron chi connectivity index (χ1n) is 8.21. The van der Waals surface area contributed by atoms with Gasteiger partial charge in [-0.1, -0.05) is 6.07 Å². The van der Waals surface area contributed by atoms with Crippen molar-refractivity contribution in [1.82, 2.24) is 8.87 Å². The molecule has 1 aliphatic carbocycles. The lowest BCUT2D eigenvalue weighted by atomic mass is 10.1. The SMILES string of the molecule is NC1CCN([S+]([O-])c2cccc3c(=O)n(COC=O)ccc23)C12CC2. The summed E-state index contributed by atoms with van der Waals surface area (Å²) in [6.45, 7) is 0.859. The van der Waals surface area contributed by atoms with Gasteiger partial charge >= 0.3 is 0 Å². The molecule has 2 aromatic rings. The summed E-state index contributed by atoms with van der Waals surface area (Å²) in [5.41, 5.74) is 5.79. The van der Waals surface area contributed by atoms with Gasteiger partial charge < -0.3 is 15.0 Å². The minimum absolute atomic E-state index is 0.0594. The van der Waals surface area contributed by atoms with E-state index >= 15 is 0 Å². The first kappa shape index (κ1) is 16.6. The van der Waals surface area contributed by atoms with Crippen LogP contribution >= 0.6 is 0 Å². The van der Waals surface area contributed by atoms with Crippen LogP contribution in [0.1, 0.15) is 19.3 Å². The second-order valence-electron chi connectivity index (χ2n) is 6.55. The van der Waals surface area contributed by atoms with E-state index in [1.54, 1.807) is 30.5 Å². The summed E-state index contributed by atoms with van der Waals surface area (Å²) in [6, 6.07) is 7.03. The molecule has 0 radical (unpaired) electrons. The molecule has 2 atom stereocenters. The number of nitrogens with two attached hydrogens (primary N) is 1. The Morgan fingerprint density at radius 2 is 2.16 bits per heavy atom. The van der Waals surface area contributed by atoms with E-state index in [4.69, 9.17) is 5.73 Å². The van der Waals surface area contributed by atoms with E-state index in [0.29, 0.717) is 28.7 Å². The van der Waals surface area contributed by atoms with Crippen LogP contribution in [0.3, 0.4) is 0 Å². The van der Waals surface area contributed by atoms with E-state index in [9.17, 15) is 14.1 Å². The molecule has 2 N–H and O–H groups in total. The molecule has 1 aromatic heterocycles.